The summed E-state index contributed by atoms with van der Waals surface area (Å²) >= 11 is 0. The molecule has 1 heterocycles. The summed E-state index contributed by atoms with van der Waals surface area (Å²) in [7, 11) is 1.71. The number of nitrogens with zero attached hydrogens (tertiary/aromatic N) is 3. The van der Waals surface area contributed by atoms with Crippen molar-refractivity contribution >= 4 is 6.03 Å². The summed E-state index contributed by atoms with van der Waals surface area (Å²) in [5.74, 6) is 0.486. The van der Waals surface area contributed by atoms with E-state index in [1.54, 1.807) is 7.05 Å². The number of carbonyl (C=O) groups excluding carboxylic acids is 1. The number of urea groups is 1. The Kier molecular flexibility index (Phi) is 5.36. The molecular weight excluding hydrogens is 292 g/mol. The molecule has 6 nitrogen and oxygen atoms in total. The van der Waals surface area contributed by atoms with Gasteiger partial charge in [-0.1, -0.05) is 49.3 Å². The number of hydrogen-bond acceptors (Lipinski definition) is 4. The summed E-state index contributed by atoms with van der Waals surface area (Å²) in [5.41, 5.74) is 1.25. The van der Waals surface area contributed by atoms with Crippen LogP contribution >= 0.6 is 0 Å². The average Bonchev–Trinajstić information content (AvgIpc) is 3.00. The maximum absolute atomic E-state index is 12.2. The largest absolute Gasteiger partial charge is 0.343 e. The predicted molar refractivity (Wildman–Crippen MR) is 87.8 cm³/mol. The van der Waals surface area contributed by atoms with Crippen LogP contribution < -0.4 is 5.32 Å². The van der Waals surface area contributed by atoms with E-state index in [9.17, 15) is 4.79 Å². The molecule has 0 saturated heterocycles. The smallest absolute Gasteiger partial charge is 0.317 e. The first-order valence-corrected chi connectivity index (χ1v) is 7.71. The van der Waals surface area contributed by atoms with E-state index >= 15 is 0 Å². The van der Waals surface area contributed by atoms with Crippen LogP contribution in [0.15, 0.2) is 41.2 Å². The Morgan fingerprint density at radius 3 is 2.65 bits per heavy atom. The molecule has 1 N–H and O–H groups in total. The molecule has 0 aliphatic heterocycles. The van der Waals surface area contributed by atoms with E-state index in [1.165, 1.54) is 16.9 Å². The standard InChI is InChI=1S/C17H24N4O2/c1-13(10-17(2,3)14-8-6-5-7-9-14)19-16(22)21(4)11-15-18-12-23-20-15/h5-9,12-13H,10-11H2,1-4H3,(H,19,22). The lowest BCUT2D eigenvalue weighted by Gasteiger charge is -2.30. The Labute approximate surface area is 136 Å². The molecule has 0 aliphatic rings. The third-order valence-corrected chi connectivity index (χ3v) is 3.87. The van der Waals surface area contributed by atoms with Gasteiger partial charge in [-0.15, -0.1) is 0 Å². The average molecular weight is 316 g/mol. The van der Waals surface area contributed by atoms with Crippen LogP contribution in [0.5, 0.6) is 0 Å². The van der Waals surface area contributed by atoms with Gasteiger partial charge in [-0.2, -0.15) is 4.98 Å². The van der Waals surface area contributed by atoms with Crippen LogP contribution in [-0.2, 0) is 12.0 Å². The van der Waals surface area contributed by atoms with Gasteiger partial charge in [-0.3, -0.25) is 0 Å². The first-order valence-electron chi connectivity index (χ1n) is 7.71. The van der Waals surface area contributed by atoms with Crippen molar-refractivity contribution in [3.63, 3.8) is 0 Å². The van der Waals surface area contributed by atoms with Crippen LogP contribution in [0.1, 0.15) is 38.6 Å². The second-order valence-corrected chi connectivity index (χ2v) is 6.51. The van der Waals surface area contributed by atoms with E-state index in [1.807, 2.05) is 25.1 Å². The van der Waals surface area contributed by atoms with E-state index in [0.717, 1.165) is 6.42 Å². The summed E-state index contributed by atoms with van der Waals surface area (Å²) in [6.45, 7) is 6.71. The highest BCUT2D eigenvalue weighted by molar-refractivity contribution is 5.74. The van der Waals surface area contributed by atoms with Crippen LogP contribution in [0.25, 0.3) is 0 Å². The van der Waals surface area contributed by atoms with Crippen molar-refractivity contribution < 1.29 is 9.32 Å². The molecule has 0 fully saturated rings. The van der Waals surface area contributed by atoms with Gasteiger partial charge in [0.15, 0.2) is 5.82 Å². The summed E-state index contributed by atoms with van der Waals surface area (Å²) in [4.78, 5) is 17.7. The quantitative estimate of drug-likeness (QED) is 0.889. The van der Waals surface area contributed by atoms with Crippen LogP contribution in [0.2, 0.25) is 0 Å². The number of aromatic nitrogens is 2. The number of nitrogens with one attached hydrogen (secondary N) is 1. The van der Waals surface area contributed by atoms with Crippen molar-refractivity contribution in [3.8, 4) is 0 Å². The maximum atomic E-state index is 12.2. The highest BCUT2D eigenvalue weighted by atomic mass is 16.5. The van der Waals surface area contributed by atoms with Crippen molar-refractivity contribution in [1.29, 1.82) is 0 Å². The van der Waals surface area contributed by atoms with Crippen molar-refractivity contribution in [2.45, 2.75) is 45.2 Å². The molecule has 0 spiro atoms. The molecule has 0 saturated carbocycles. The van der Waals surface area contributed by atoms with E-state index in [0.29, 0.717) is 12.4 Å². The molecule has 1 unspecified atom stereocenters. The molecular formula is C17H24N4O2. The number of carbonyl (C=O) groups is 1. The lowest BCUT2D eigenvalue weighted by Crippen LogP contribution is -2.43. The molecule has 0 radical (unpaired) electrons. The van der Waals surface area contributed by atoms with Crippen LogP contribution in [0.4, 0.5) is 4.79 Å². The zero-order chi connectivity index (χ0) is 16.9. The second-order valence-electron chi connectivity index (χ2n) is 6.51. The highest BCUT2D eigenvalue weighted by Gasteiger charge is 2.24. The summed E-state index contributed by atoms with van der Waals surface area (Å²) in [6.07, 6.45) is 2.10. The van der Waals surface area contributed by atoms with Crippen molar-refractivity contribution in [1.82, 2.24) is 20.4 Å². The van der Waals surface area contributed by atoms with Crippen LogP contribution in [-0.4, -0.2) is 34.2 Å². The van der Waals surface area contributed by atoms with Gasteiger partial charge in [-0.05, 0) is 24.3 Å². The molecule has 0 aliphatic carbocycles. The minimum atomic E-state index is -0.147. The summed E-state index contributed by atoms with van der Waals surface area (Å²) in [6, 6.07) is 10.2. The number of hydrogen-bond donors (Lipinski definition) is 1. The lowest BCUT2D eigenvalue weighted by atomic mass is 9.79. The fraction of sp³-hybridized carbons (Fsp3) is 0.471. The fourth-order valence-corrected chi connectivity index (χ4v) is 2.69. The van der Waals surface area contributed by atoms with Gasteiger partial charge < -0.3 is 14.7 Å². The highest BCUT2D eigenvalue weighted by Crippen LogP contribution is 2.28. The Bertz CT molecular complexity index is 611. The minimum absolute atomic E-state index is 0.0137. The number of amides is 2. The minimum Gasteiger partial charge on any atom is -0.343 e. The topological polar surface area (TPSA) is 71.3 Å². The molecule has 1 atom stereocenters. The van der Waals surface area contributed by atoms with Gasteiger partial charge in [0, 0.05) is 13.1 Å². The van der Waals surface area contributed by atoms with Gasteiger partial charge >= 0.3 is 6.03 Å². The molecule has 2 amide bonds. The predicted octanol–water partition coefficient (Wildman–Crippen LogP) is 2.97. The van der Waals surface area contributed by atoms with E-state index < -0.39 is 0 Å². The van der Waals surface area contributed by atoms with Crippen LogP contribution in [0.3, 0.4) is 0 Å². The Balaban J connectivity index is 1.88. The normalized spacial score (nSPS) is 12.7. The third kappa shape index (κ3) is 4.81. The van der Waals surface area contributed by atoms with Gasteiger partial charge in [0.25, 0.3) is 0 Å². The Morgan fingerprint density at radius 2 is 2.04 bits per heavy atom. The first kappa shape index (κ1) is 17.0. The monoisotopic (exact) mass is 316 g/mol. The van der Waals surface area contributed by atoms with Gasteiger partial charge in [0.2, 0.25) is 6.39 Å². The Morgan fingerprint density at radius 1 is 1.35 bits per heavy atom. The fourth-order valence-electron chi connectivity index (χ4n) is 2.69. The zero-order valence-corrected chi connectivity index (χ0v) is 14.1. The molecule has 2 rings (SSSR count). The van der Waals surface area contributed by atoms with E-state index in [4.69, 9.17) is 0 Å². The molecule has 0 bridgehead atoms. The Hall–Kier alpha value is -2.37. The SMILES string of the molecule is CC(CC(C)(C)c1ccccc1)NC(=O)N(C)Cc1ncon1. The van der Waals surface area contributed by atoms with Crippen molar-refractivity contribution in [3.05, 3.63) is 48.1 Å². The van der Waals surface area contributed by atoms with Gasteiger partial charge in [-0.25, -0.2) is 4.79 Å². The van der Waals surface area contributed by atoms with Gasteiger partial charge in [0.1, 0.15) is 0 Å². The molecule has 6 heteroatoms. The number of benzene rings is 1. The number of rotatable bonds is 6. The summed E-state index contributed by atoms with van der Waals surface area (Å²) < 4.78 is 4.67. The maximum Gasteiger partial charge on any atom is 0.317 e. The lowest BCUT2D eigenvalue weighted by molar-refractivity contribution is 0.199. The van der Waals surface area contributed by atoms with E-state index in [2.05, 4.69) is 46.0 Å². The molecule has 124 valence electrons. The molecule has 2 aromatic rings. The second kappa shape index (κ2) is 7.26. The van der Waals surface area contributed by atoms with Crippen molar-refractivity contribution in [2.24, 2.45) is 0 Å². The van der Waals surface area contributed by atoms with Crippen LogP contribution in [0, 0.1) is 0 Å². The van der Waals surface area contributed by atoms with Crippen molar-refractivity contribution in [2.75, 3.05) is 7.05 Å². The first-order chi connectivity index (χ1) is 10.9. The molecule has 23 heavy (non-hydrogen) atoms. The zero-order valence-electron chi connectivity index (χ0n) is 14.1. The third-order valence-electron chi connectivity index (χ3n) is 3.87. The molecule has 1 aromatic carbocycles. The summed E-state index contributed by atoms with van der Waals surface area (Å²) in [5, 5.41) is 6.73. The van der Waals surface area contributed by atoms with Gasteiger partial charge in [0.05, 0.1) is 6.54 Å². The molecule has 1 aromatic heterocycles. The van der Waals surface area contributed by atoms with E-state index in [-0.39, 0.29) is 17.5 Å².